The van der Waals surface area contributed by atoms with Crippen LogP contribution in [0, 0.1) is 11.3 Å². The summed E-state index contributed by atoms with van der Waals surface area (Å²) in [7, 11) is 0. The van der Waals surface area contributed by atoms with Crippen LogP contribution in [0.1, 0.15) is 11.3 Å². The Balaban J connectivity index is 1.54. The van der Waals surface area contributed by atoms with E-state index in [0.717, 1.165) is 5.56 Å². The van der Waals surface area contributed by atoms with Crippen molar-refractivity contribution >= 4 is 40.9 Å². The highest BCUT2D eigenvalue weighted by Crippen LogP contribution is 2.34. The lowest BCUT2D eigenvalue weighted by molar-refractivity contribution is -0.112. The maximum absolute atomic E-state index is 12.6. The average molecular weight is 440 g/mol. The molecule has 0 radical (unpaired) electrons. The molecule has 0 spiro atoms. The number of aromatic nitrogens is 1. The van der Waals surface area contributed by atoms with Crippen LogP contribution in [0.15, 0.2) is 60.3 Å². The Hall–Kier alpha value is -3.40. The molecule has 0 aliphatic carbocycles. The molecule has 2 heterocycles. The number of halogens is 2. The van der Waals surface area contributed by atoms with Gasteiger partial charge in [0.05, 0.1) is 0 Å². The lowest BCUT2D eigenvalue weighted by Gasteiger charge is -2.10. The predicted molar refractivity (Wildman–Crippen MR) is 115 cm³/mol. The summed E-state index contributed by atoms with van der Waals surface area (Å²) in [5, 5.41) is 13.3. The average Bonchev–Trinajstić information content (AvgIpc) is 3.36. The van der Waals surface area contributed by atoms with Gasteiger partial charge in [0.15, 0.2) is 11.5 Å². The van der Waals surface area contributed by atoms with E-state index in [-0.39, 0.29) is 12.4 Å². The highest BCUT2D eigenvalue weighted by Gasteiger charge is 2.16. The minimum atomic E-state index is -0.520. The summed E-state index contributed by atoms with van der Waals surface area (Å²) in [5.74, 6) is 0.639. The lowest BCUT2D eigenvalue weighted by atomic mass is 10.2. The molecule has 150 valence electrons. The molecule has 4 rings (SSSR count). The number of hydrogen-bond acceptors (Lipinski definition) is 4. The van der Waals surface area contributed by atoms with E-state index in [1.165, 1.54) is 6.08 Å². The number of rotatable bonds is 5. The van der Waals surface area contributed by atoms with Crippen LogP contribution in [-0.4, -0.2) is 17.3 Å². The molecular formula is C22H15Cl2N3O3. The Morgan fingerprint density at radius 2 is 2.00 bits per heavy atom. The molecule has 1 aromatic heterocycles. The second kappa shape index (κ2) is 8.54. The van der Waals surface area contributed by atoms with Gasteiger partial charge in [-0.2, -0.15) is 5.26 Å². The normalized spacial score (nSPS) is 12.5. The third-order valence-corrected chi connectivity index (χ3v) is 5.10. The van der Waals surface area contributed by atoms with Crippen LogP contribution >= 0.6 is 23.2 Å². The Labute approximate surface area is 182 Å². The van der Waals surface area contributed by atoms with Crippen LogP contribution in [0.5, 0.6) is 11.5 Å². The van der Waals surface area contributed by atoms with Gasteiger partial charge in [-0.25, -0.2) is 0 Å². The van der Waals surface area contributed by atoms with Crippen molar-refractivity contribution in [3.05, 3.63) is 81.6 Å². The van der Waals surface area contributed by atoms with Crippen LogP contribution < -0.4 is 14.8 Å². The zero-order chi connectivity index (χ0) is 21.1. The van der Waals surface area contributed by atoms with E-state index in [2.05, 4.69) is 5.32 Å². The molecule has 1 amide bonds. The number of carbonyl (C=O) groups is 1. The molecule has 0 unspecified atom stereocenters. The third-order valence-electron chi connectivity index (χ3n) is 4.51. The van der Waals surface area contributed by atoms with Gasteiger partial charge in [0.1, 0.15) is 11.6 Å². The Morgan fingerprint density at radius 1 is 1.17 bits per heavy atom. The molecule has 1 N–H and O–H groups in total. The number of nitriles is 1. The second-order valence-electron chi connectivity index (χ2n) is 6.49. The zero-order valence-corrected chi connectivity index (χ0v) is 17.1. The molecule has 8 heteroatoms. The summed E-state index contributed by atoms with van der Waals surface area (Å²) < 4.78 is 12.5. The van der Waals surface area contributed by atoms with Crippen molar-refractivity contribution in [2.45, 2.75) is 6.54 Å². The number of carbonyl (C=O) groups excluding carboxylic acids is 1. The van der Waals surface area contributed by atoms with Crippen LogP contribution in [-0.2, 0) is 11.3 Å². The first-order chi connectivity index (χ1) is 14.5. The number of amides is 1. The highest BCUT2D eigenvalue weighted by molar-refractivity contribution is 6.35. The Kier molecular flexibility index (Phi) is 5.66. The number of nitrogens with zero attached hydrogens (tertiary/aromatic N) is 2. The predicted octanol–water partition coefficient (Wildman–Crippen LogP) is 5.12. The first-order valence-corrected chi connectivity index (χ1v) is 9.71. The van der Waals surface area contributed by atoms with Gasteiger partial charge in [0.2, 0.25) is 6.79 Å². The van der Waals surface area contributed by atoms with Crippen molar-refractivity contribution in [3.8, 4) is 17.6 Å². The van der Waals surface area contributed by atoms with Crippen LogP contribution in [0.25, 0.3) is 6.08 Å². The second-order valence-corrected chi connectivity index (χ2v) is 7.33. The maximum atomic E-state index is 12.6. The van der Waals surface area contributed by atoms with Gasteiger partial charge >= 0.3 is 0 Å². The molecule has 1 aliphatic heterocycles. The summed E-state index contributed by atoms with van der Waals surface area (Å²) in [5.41, 5.74) is 2.04. The molecular weight excluding hydrogens is 425 g/mol. The standard InChI is InChI=1S/C22H15Cl2N3O3/c23-16-4-3-14(19(24)9-16)12-27-7-1-2-18(27)8-15(11-25)22(28)26-17-5-6-20-21(10-17)30-13-29-20/h1-10H,12-13H2,(H,26,28)/b15-8-. The van der Waals surface area contributed by atoms with Crippen molar-refractivity contribution < 1.29 is 14.3 Å². The zero-order valence-electron chi connectivity index (χ0n) is 15.6. The lowest BCUT2D eigenvalue weighted by Crippen LogP contribution is -2.13. The molecule has 2 aromatic carbocycles. The molecule has 1 aliphatic rings. The van der Waals surface area contributed by atoms with Gasteiger partial charge < -0.3 is 19.4 Å². The fourth-order valence-electron chi connectivity index (χ4n) is 3.00. The molecule has 0 atom stereocenters. The number of anilines is 1. The molecule has 0 bridgehead atoms. The van der Waals surface area contributed by atoms with Crippen molar-refractivity contribution in [2.75, 3.05) is 12.1 Å². The smallest absolute Gasteiger partial charge is 0.266 e. The monoisotopic (exact) mass is 439 g/mol. The van der Waals surface area contributed by atoms with Gasteiger partial charge in [0.25, 0.3) is 5.91 Å². The summed E-state index contributed by atoms with van der Waals surface area (Å²) in [6.07, 6.45) is 3.38. The molecule has 0 saturated heterocycles. The van der Waals surface area contributed by atoms with E-state index < -0.39 is 5.91 Å². The van der Waals surface area contributed by atoms with E-state index in [1.54, 1.807) is 30.3 Å². The Morgan fingerprint density at radius 3 is 2.80 bits per heavy atom. The summed E-state index contributed by atoms with van der Waals surface area (Å²) in [6.45, 7) is 0.613. The molecule has 3 aromatic rings. The first-order valence-electron chi connectivity index (χ1n) is 8.95. The summed E-state index contributed by atoms with van der Waals surface area (Å²) in [4.78, 5) is 12.6. The fraction of sp³-hybridized carbons (Fsp3) is 0.0909. The molecule has 0 saturated carbocycles. The van der Waals surface area contributed by atoms with Crippen molar-refractivity contribution in [1.82, 2.24) is 4.57 Å². The van der Waals surface area contributed by atoms with Gasteiger partial charge in [-0.3, -0.25) is 4.79 Å². The molecule has 30 heavy (non-hydrogen) atoms. The first kappa shape index (κ1) is 19.9. The van der Waals surface area contributed by atoms with E-state index in [0.29, 0.717) is 39.5 Å². The van der Waals surface area contributed by atoms with Crippen molar-refractivity contribution in [1.29, 1.82) is 5.26 Å². The van der Waals surface area contributed by atoms with Gasteiger partial charge in [0, 0.05) is 40.2 Å². The SMILES string of the molecule is N#C/C(=C/c1cccn1Cc1ccc(Cl)cc1Cl)C(=O)Nc1ccc2c(c1)OCO2. The topological polar surface area (TPSA) is 76.3 Å². The summed E-state index contributed by atoms with van der Waals surface area (Å²) >= 11 is 12.2. The fourth-order valence-corrected chi connectivity index (χ4v) is 3.47. The van der Waals surface area contributed by atoms with E-state index in [4.69, 9.17) is 32.7 Å². The van der Waals surface area contributed by atoms with Crippen LogP contribution in [0.2, 0.25) is 10.0 Å². The quantitative estimate of drug-likeness (QED) is 0.442. The van der Waals surface area contributed by atoms with Gasteiger partial charge in [-0.15, -0.1) is 0 Å². The van der Waals surface area contributed by atoms with Gasteiger partial charge in [-0.1, -0.05) is 29.3 Å². The van der Waals surface area contributed by atoms with E-state index >= 15 is 0 Å². The number of fused-ring (bicyclic) bond motifs is 1. The number of ether oxygens (including phenoxy) is 2. The summed E-state index contributed by atoms with van der Waals surface area (Å²) in [6, 6.07) is 15.9. The molecule has 0 fully saturated rings. The minimum absolute atomic E-state index is 0.0326. The number of nitrogens with one attached hydrogen (secondary N) is 1. The van der Waals surface area contributed by atoms with Crippen LogP contribution in [0.3, 0.4) is 0 Å². The minimum Gasteiger partial charge on any atom is -0.454 e. The van der Waals surface area contributed by atoms with Crippen molar-refractivity contribution in [2.24, 2.45) is 0 Å². The third kappa shape index (κ3) is 4.28. The Bertz CT molecular complexity index is 1190. The largest absolute Gasteiger partial charge is 0.454 e. The van der Waals surface area contributed by atoms with E-state index in [9.17, 15) is 10.1 Å². The van der Waals surface area contributed by atoms with Crippen LogP contribution in [0.4, 0.5) is 5.69 Å². The van der Waals surface area contributed by atoms with E-state index in [1.807, 2.05) is 35.0 Å². The van der Waals surface area contributed by atoms with Crippen molar-refractivity contribution in [3.63, 3.8) is 0 Å². The number of benzene rings is 2. The molecule has 6 nitrogen and oxygen atoms in total. The van der Waals surface area contributed by atoms with Gasteiger partial charge in [-0.05, 0) is 48.0 Å². The maximum Gasteiger partial charge on any atom is 0.266 e. The highest BCUT2D eigenvalue weighted by atomic mass is 35.5. The number of hydrogen-bond donors (Lipinski definition) is 1.